The molecule has 1 aliphatic heterocycles. The molecular weight excluding hydrogens is 318 g/mol. The Kier molecular flexibility index (Phi) is 3.93. The summed E-state index contributed by atoms with van der Waals surface area (Å²) >= 11 is 0. The number of anilines is 2. The molecule has 25 heavy (non-hydrogen) atoms. The molecule has 1 aliphatic rings. The van der Waals surface area contributed by atoms with E-state index in [0.717, 1.165) is 23.1 Å². The van der Waals surface area contributed by atoms with Gasteiger partial charge in [-0.1, -0.05) is 18.2 Å². The number of benzene rings is 2. The van der Waals surface area contributed by atoms with Crippen LogP contribution >= 0.6 is 0 Å². The van der Waals surface area contributed by atoms with Gasteiger partial charge in [0.15, 0.2) is 11.5 Å². The average Bonchev–Trinajstić information content (AvgIpc) is 2.99. The van der Waals surface area contributed by atoms with Gasteiger partial charge in [-0.3, -0.25) is 0 Å². The number of urea groups is 1. The number of aryl methyl sites for hydroxylation is 1. The van der Waals surface area contributed by atoms with E-state index in [9.17, 15) is 4.79 Å². The maximum absolute atomic E-state index is 12.4. The fourth-order valence-corrected chi connectivity index (χ4v) is 3.01. The van der Waals surface area contributed by atoms with Crippen molar-refractivity contribution in [1.82, 2.24) is 4.57 Å². The van der Waals surface area contributed by atoms with Crippen LogP contribution in [0.15, 0.2) is 48.7 Å². The number of fused-ring (bicyclic) bond motifs is 2. The fraction of sp³-hybridized carbons (Fsp3) is 0.211. The first-order valence-electron chi connectivity index (χ1n) is 8.30. The van der Waals surface area contributed by atoms with Crippen molar-refractivity contribution in [2.75, 3.05) is 23.8 Å². The van der Waals surface area contributed by atoms with Gasteiger partial charge in [0.05, 0.1) is 11.2 Å². The zero-order valence-corrected chi connectivity index (χ0v) is 13.9. The number of rotatable bonds is 3. The summed E-state index contributed by atoms with van der Waals surface area (Å²) in [6.45, 7) is 3.97. The summed E-state index contributed by atoms with van der Waals surface area (Å²) in [5, 5.41) is 6.78. The van der Waals surface area contributed by atoms with Gasteiger partial charge in [0.2, 0.25) is 0 Å². The van der Waals surface area contributed by atoms with Crippen molar-refractivity contribution in [2.24, 2.45) is 0 Å². The Hall–Kier alpha value is -3.15. The van der Waals surface area contributed by atoms with Crippen molar-refractivity contribution in [3.8, 4) is 11.5 Å². The molecule has 2 heterocycles. The van der Waals surface area contributed by atoms with Crippen LogP contribution in [0.2, 0.25) is 0 Å². The molecule has 2 N–H and O–H groups in total. The van der Waals surface area contributed by atoms with Crippen LogP contribution in [0.4, 0.5) is 16.2 Å². The van der Waals surface area contributed by atoms with Gasteiger partial charge in [0.1, 0.15) is 13.2 Å². The number of nitrogens with one attached hydrogen (secondary N) is 2. The monoisotopic (exact) mass is 337 g/mol. The molecule has 3 aromatic rings. The highest BCUT2D eigenvalue weighted by Crippen LogP contribution is 2.32. The summed E-state index contributed by atoms with van der Waals surface area (Å²) in [5.41, 5.74) is 2.54. The Morgan fingerprint density at radius 1 is 1.08 bits per heavy atom. The molecule has 2 aromatic carbocycles. The van der Waals surface area contributed by atoms with Crippen LogP contribution in [0.5, 0.6) is 11.5 Å². The Morgan fingerprint density at radius 3 is 2.72 bits per heavy atom. The highest BCUT2D eigenvalue weighted by atomic mass is 16.6. The van der Waals surface area contributed by atoms with Crippen molar-refractivity contribution in [2.45, 2.75) is 13.5 Å². The van der Waals surface area contributed by atoms with Crippen molar-refractivity contribution in [3.63, 3.8) is 0 Å². The quantitative estimate of drug-likeness (QED) is 0.757. The van der Waals surface area contributed by atoms with Crippen LogP contribution in [0.1, 0.15) is 6.92 Å². The van der Waals surface area contributed by atoms with Gasteiger partial charge < -0.3 is 24.7 Å². The molecule has 0 aliphatic carbocycles. The maximum Gasteiger partial charge on any atom is 0.323 e. The standard InChI is InChI=1S/C19H19N3O3/c1-2-22-12-15(14-5-3-4-6-16(14)22)21-19(23)20-13-7-8-17-18(11-13)25-10-9-24-17/h3-8,11-12H,2,9-10H2,1H3,(H2,20,21,23). The number of hydrogen-bond donors (Lipinski definition) is 2. The molecule has 1 aromatic heterocycles. The molecule has 0 spiro atoms. The molecule has 2 amide bonds. The first-order valence-corrected chi connectivity index (χ1v) is 8.30. The third kappa shape index (κ3) is 2.98. The number of carbonyl (C=O) groups excluding carboxylic acids is 1. The van der Waals surface area contributed by atoms with E-state index in [0.29, 0.717) is 30.4 Å². The number of ether oxygens (including phenoxy) is 2. The molecule has 128 valence electrons. The van der Waals surface area contributed by atoms with Crippen LogP contribution in [0.3, 0.4) is 0 Å². The van der Waals surface area contributed by atoms with E-state index in [2.05, 4.69) is 22.1 Å². The van der Waals surface area contributed by atoms with Gasteiger partial charge in [-0.2, -0.15) is 0 Å². The summed E-state index contributed by atoms with van der Waals surface area (Å²) in [6.07, 6.45) is 1.95. The predicted molar refractivity (Wildman–Crippen MR) is 97.7 cm³/mol. The number of hydrogen-bond acceptors (Lipinski definition) is 3. The summed E-state index contributed by atoms with van der Waals surface area (Å²) in [5.74, 6) is 1.34. The number of aromatic nitrogens is 1. The largest absolute Gasteiger partial charge is 0.486 e. The second-order valence-electron chi connectivity index (χ2n) is 5.78. The molecule has 0 unspecified atom stereocenters. The minimum atomic E-state index is -0.296. The van der Waals surface area contributed by atoms with Crippen LogP contribution in [-0.4, -0.2) is 23.8 Å². The SMILES string of the molecule is CCn1cc(NC(=O)Nc2ccc3c(c2)OCCO3)c2ccccc21. The van der Waals surface area contributed by atoms with Crippen molar-refractivity contribution < 1.29 is 14.3 Å². The minimum Gasteiger partial charge on any atom is -0.486 e. The van der Waals surface area contributed by atoms with E-state index in [1.807, 2.05) is 30.5 Å². The van der Waals surface area contributed by atoms with Gasteiger partial charge >= 0.3 is 6.03 Å². The Labute approximate surface area is 145 Å². The van der Waals surface area contributed by atoms with Crippen molar-refractivity contribution >= 4 is 28.3 Å². The van der Waals surface area contributed by atoms with E-state index in [4.69, 9.17) is 9.47 Å². The molecule has 0 bridgehead atoms. The van der Waals surface area contributed by atoms with Gasteiger partial charge in [0.25, 0.3) is 0 Å². The summed E-state index contributed by atoms with van der Waals surface area (Å²) in [7, 11) is 0. The third-order valence-corrected chi connectivity index (χ3v) is 4.18. The fourth-order valence-electron chi connectivity index (χ4n) is 3.01. The van der Waals surface area contributed by atoms with Crippen LogP contribution in [0, 0.1) is 0 Å². The zero-order valence-electron chi connectivity index (χ0n) is 13.9. The highest BCUT2D eigenvalue weighted by molar-refractivity contribution is 6.06. The van der Waals surface area contributed by atoms with E-state index >= 15 is 0 Å². The number of para-hydroxylation sites is 1. The minimum absolute atomic E-state index is 0.296. The summed E-state index contributed by atoms with van der Waals surface area (Å²) < 4.78 is 13.1. The molecule has 6 heteroatoms. The second-order valence-corrected chi connectivity index (χ2v) is 5.78. The molecule has 0 saturated heterocycles. The molecule has 4 rings (SSSR count). The van der Waals surface area contributed by atoms with E-state index in [1.54, 1.807) is 18.2 Å². The Balaban J connectivity index is 1.53. The van der Waals surface area contributed by atoms with Gasteiger partial charge in [-0.25, -0.2) is 4.79 Å². The first kappa shape index (κ1) is 15.4. The molecular formula is C19H19N3O3. The molecule has 0 fully saturated rings. The molecule has 0 radical (unpaired) electrons. The normalized spacial score (nSPS) is 12.8. The van der Waals surface area contributed by atoms with Crippen LogP contribution < -0.4 is 20.1 Å². The number of amides is 2. The molecule has 0 atom stereocenters. The van der Waals surface area contributed by atoms with E-state index in [1.165, 1.54) is 0 Å². The van der Waals surface area contributed by atoms with Gasteiger partial charge in [0, 0.05) is 29.9 Å². The first-order chi connectivity index (χ1) is 12.2. The van der Waals surface area contributed by atoms with Crippen LogP contribution in [-0.2, 0) is 6.54 Å². The van der Waals surface area contributed by atoms with Gasteiger partial charge in [-0.15, -0.1) is 0 Å². The van der Waals surface area contributed by atoms with E-state index < -0.39 is 0 Å². The third-order valence-electron chi connectivity index (χ3n) is 4.18. The number of nitrogens with zero attached hydrogens (tertiary/aromatic N) is 1. The number of carbonyl (C=O) groups is 1. The lowest BCUT2D eigenvalue weighted by Gasteiger charge is -2.19. The smallest absolute Gasteiger partial charge is 0.323 e. The summed E-state index contributed by atoms with van der Waals surface area (Å²) in [6, 6.07) is 13.1. The highest BCUT2D eigenvalue weighted by Gasteiger charge is 2.14. The zero-order chi connectivity index (χ0) is 17.2. The van der Waals surface area contributed by atoms with E-state index in [-0.39, 0.29) is 6.03 Å². The average molecular weight is 337 g/mol. The maximum atomic E-state index is 12.4. The van der Waals surface area contributed by atoms with Gasteiger partial charge in [-0.05, 0) is 25.1 Å². The topological polar surface area (TPSA) is 64.5 Å². The lowest BCUT2D eigenvalue weighted by molar-refractivity contribution is 0.171. The molecule has 0 saturated carbocycles. The lowest BCUT2D eigenvalue weighted by Crippen LogP contribution is -2.20. The lowest BCUT2D eigenvalue weighted by atomic mass is 10.2. The van der Waals surface area contributed by atoms with Crippen molar-refractivity contribution in [3.05, 3.63) is 48.7 Å². The Morgan fingerprint density at radius 2 is 1.88 bits per heavy atom. The van der Waals surface area contributed by atoms with Crippen LogP contribution in [0.25, 0.3) is 10.9 Å². The van der Waals surface area contributed by atoms with Crippen molar-refractivity contribution in [1.29, 1.82) is 0 Å². The Bertz CT molecular complexity index is 933. The second kappa shape index (κ2) is 6.39. The predicted octanol–water partition coefficient (Wildman–Crippen LogP) is 4.08. The summed E-state index contributed by atoms with van der Waals surface area (Å²) in [4.78, 5) is 12.4. The molecule has 6 nitrogen and oxygen atoms in total.